The van der Waals surface area contributed by atoms with Crippen molar-refractivity contribution >= 4 is 50.7 Å². The van der Waals surface area contributed by atoms with Gasteiger partial charge in [0.25, 0.3) is 5.91 Å². The Bertz CT molecular complexity index is 1090. The molecule has 3 rings (SSSR count). The maximum atomic E-state index is 12.9. The second-order valence-electron chi connectivity index (χ2n) is 7.79. The third-order valence-electron chi connectivity index (χ3n) is 5.40. The van der Waals surface area contributed by atoms with Gasteiger partial charge in [0.15, 0.2) is 0 Å². The standard InChI is InChI=1S/C22H25Cl2N3O4S/c1-15-6-3-4-13-27(15)32(30,31)17-11-9-16(10-12-17)22(29)26(2)14-20(28)25-21-18(23)7-5-8-19(21)24/h5,7-12,15H,3-4,6,13-14H2,1-2H3,(H,25,28). The second kappa shape index (κ2) is 10.2. The van der Waals surface area contributed by atoms with Crippen LogP contribution < -0.4 is 5.32 Å². The molecule has 0 saturated carbocycles. The molecule has 1 atom stereocenters. The zero-order valence-electron chi connectivity index (χ0n) is 17.8. The molecule has 2 amide bonds. The summed E-state index contributed by atoms with van der Waals surface area (Å²) in [5.41, 5.74) is 0.560. The van der Waals surface area contributed by atoms with Crippen molar-refractivity contribution in [3.05, 3.63) is 58.1 Å². The zero-order chi connectivity index (χ0) is 23.5. The van der Waals surface area contributed by atoms with Gasteiger partial charge < -0.3 is 10.2 Å². The molecule has 1 fully saturated rings. The highest BCUT2D eigenvalue weighted by atomic mass is 35.5. The molecule has 10 heteroatoms. The molecule has 0 bridgehead atoms. The van der Waals surface area contributed by atoms with E-state index in [-0.39, 0.29) is 28.7 Å². The number of anilines is 1. The number of sulfonamides is 1. The monoisotopic (exact) mass is 497 g/mol. The fraction of sp³-hybridized carbons (Fsp3) is 0.364. The first-order chi connectivity index (χ1) is 15.1. The van der Waals surface area contributed by atoms with Crippen LogP contribution in [0.1, 0.15) is 36.5 Å². The van der Waals surface area contributed by atoms with Crippen LogP contribution in [-0.2, 0) is 14.8 Å². The molecular weight excluding hydrogens is 473 g/mol. The van der Waals surface area contributed by atoms with Gasteiger partial charge in [0.2, 0.25) is 15.9 Å². The number of nitrogens with zero attached hydrogens (tertiary/aromatic N) is 2. The fourth-order valence-electron chi connectivity index (χ4n) is 3.64. The minimum Gasteiger partial charge on any atom is -0.332 e. The summed E-state index contributed by atoms with van der Waals surface area (Å²) in [6.07, 6.45) is 2.69. The zero-order valence-corrected chi connectivity index (χ0v) is 20.2. The van der Waals surface area contributed by atoms with Gasteiger partial charge in [-0.1, -0.05) is 35.7 Å². The Morgan fingerprint density at radius 3 is 2.31 bits per heavy atom. The van der Waals surface area contributed by atoms with E-state index < -0.39 is 21.8 Å². The third kappa shape index (κ3) is 5.43. The predicted octanol–water partition coefficient (Wildman–Crippen LogP) is 4.27. The van der Waals surface area contributed by atoms with Crippen molar-refractivity contribution in [2.24, 2.45) is 0 Å². The van der Waals surface area contributed by atoms with Crippen LogP contribution in [0, 0.1) is 0 Å². The van der Waals surface area contributed by atoms with Crippen LogP contribution in [-0.4, -0.2) is 55.6 Å². The van der Waals surface area contributed by atoms with Crippen molar-refractivity contribution in [2.75, 3.05) is 25.5 Å². The van der Waals surface area contributed by atoms with Crippen molar-refractivity contribution in [1.82, 2.24) is 9.21 Å². The maximum Gasteiger partial charge on any atom is 0.254 e. The van der Waals surface area contributed by atoms with Crippen LogP contribution in [0.15, 0.2) is 47.4 Å². The van der Waals surface area contributed by atoms with E-state index in [0.717, 1.165) is 19.3 Å². The Balaban J connectivity index is 1.66. The Morgan fingerprint density at radius 1 is 1.09 bits per heavy atom. The molecule has 172 valence electrons. The fourth-order valence-corrected chi connectivity index (χ4v) is 5.83. The van der Waals surface area contributed by atoms with Gasteiger partial charge in [-0.3, -0.25) is 9.59 Å². The lowest BCUT2D eigenvalue weighted by Gasteiger charge is -2.32. The van der Waals surface area contributed by atoms with E-state index in [4.69, 9.17) is 23.2 Å². The summed E-state index contributed by atoms with van der Waals surface area (Å²) in [7, 11) is -2.13. The quantitative estimate of drug-likeness (QED) is 0.645. The van der Waals surface area contributed by atoms with E-state index in [1.165, 1.54) is 40.5 Å². The van der Waals surface area contributed by atoms with E-state index in [9.17, 15) is 18.0 Å². The number of carbonyl (C=O) groups excluding carboxylic acids is 2. The molecule has 2 aromatic carbocycles. The lowest BCUT2D eigenvalue weighted by molar-refractivity contribution is -0.116. The van der Waals surface area contributed by atoms with Crippen LogP contribution in [0.5, 0.6) is 0 Å². The van der Waals surface area contributed by atoms with Gasteiger partial charge in [-0.15, -0.1) is 0 Å². The summed E-state index contributed by atoms with van der Waals surface area (Å²) in [6.45, 7) is 2.17. The van der Waals surface area contributed by atoms with Gasteiger partial charge in [0.05, 0.1) is 27.2 Å². The Hall–Kier alpha value is -2.13. The molecule has 7 nitrogen and oxygen atoms in total. The number of hydrogen-bond acceptors (Lipinski definition) is 4. The van der Waals surface area contributed by atoms with Crippen molar-refractivity contribution in [3.63, 3.8) is 0 Å². The topological polar surface area (TPSA) is 86.8 Å². The predicted molar refractivity (Wildman–Crippen MR) is 126 cm³/mol. The summed E-state index contributed by atoms with van der Waals surface area (Å²) >= 11 is 12.1. The minimum absolute atomic E-state index is 0.0497. The molecule has 1 saturated heterocycles. The van der Waals surface area contributed by atoms with Crippen LogP contribution in [0.4, 0.5) is 5.69 Å². The molecule has 1 N–H and O–H groups in total. The first-order valence-corrected chi connectivity index (χ1v) is 12.4. The highest BCUT2D eigenvalue weighted by Gasteiger charge is 2.31. The van der Waals surface area contributed by atoms with Crippen LogP contribution in [0.3, 0.4) is 0 Å². The normalized spacial score (nSPS) is 17.1. The molecule has 32 heavy (non-hydrogen) atoms. The van der Waals surface area contributed by atoms with Gasteiger partial charge in [0, 0.05) is 25.2 Å². The molecule has 0 aliphatic carbocycles. The van der Waals surface area contributed by atoms with Crippen molar-refractivity contribution in [3.8, 4) is 0 Å². The molecule has 1 aliphatic heterocycles. The second-order valence-corrected chi connectivity index (χ2v) is 10.5. The SMILES string of the molecule is CC1CCCCN1S(=O)(=O)c1ccc(C(=O)N(C)CC(=O)Nc2c(Cl)cccc2Cl)cc1. The first-order valence-electron chi connectivity index (χ1n) is 10.2. The average Bonchev–Trinajstić information content (AvgIpc) is 2.76. The molecule has 2 aromatic rings. The van der Waals surface area contributed by atoms with E-state index in [2.05, 4.69) is 5.32 Å². The van der Waals surface area contributed by atoms with E-state index in [1.54, 1.807) is 18.2 Å². The Labute approximate surface area is 198 Å². The van der Waals surface area contributed by atoms with Gasteiger partial charge in [-0.05, 0) is 56.2 Å². The summed E-state index contributed by atoms with van der Waals surface area (Å²) in [5.74, 6) is -0.880. The molecule has 1 aliphatic rings. The molecule has 0 spiro atoms. The number of amides is 2. The molecular formula is C22H25Cl2N3O4S. The number of hydrogen-bond donors (Lipinski definition) is 1. The molecule has 0 radical (unpaired) electrons. The maximum absolute atomic E-state index is 12.9. The summed E-state index contributed by atoms with van der Waals surface area (Å²) < 4.78 is 27.4. The van der Waals surface area contributed by atoms with Crippen molar-refractivity contribution in [1.29, 1.82) is 0 Å². The van der Waals surface area contributed by atoms with Gasteiger partial charge >= 0.3 is 0 Å². The average molecular weight is 498 g/mol. The number of carbonyl (C=O) groups is 2. The highest BCUT2D eigenvalue weighted by molar-refractivity contribution is 7.89. The molecule has 1 heterocycles. The first kappa shape index (κ1) is 24.5. The van der Waals surface area contributed by atoms with Crippen LogP contribution >= 0.6 is 23.2 Å². The summed E-state index contributed by atoms with van der Waals surface area (Å²) in [6, 6.07) is 10.6. The number of para-hydroxylation sites is 1. The van der Waals surface area contributed by atoms with E-state index >= 15 is 0 Å². The highest BCUT2D eigenvalue weighted by Crippen LogP contribution is 2.30. The molecule has 0 aromatic heterocycles. The minimum atomic E-state index is -3.62. The number of halogens is 2. The third-order valence-corrected chi connectivity index (χ3v) is 8.06. The number of rotatable bonds is 6. The lowest BCUT2D eigenvalue weighted by Crippen LogP contribution is -2.41. The van der Waals surface area contributed by atoms with Gasteiger partial charge in [0.1, 0.15) is 0 Å². The van der Waals surface area contributed by atoms with E-state index in [1.807, 2.05) is 6.92 Å². The number of nitrogens with one attached hydrogen (secondary N) is 1. The number of benzene rings is 2. The van der Waals surface area contributed by atoms with Crippen molar-refractivity contribution < 1.29 is 18.0 Å². The Kier molecular flexibility index (Phi) is 7.82. The van der Waals surface area contributed by atoms with Gasteiger partial charge in [-0.25, -0.2) is 8.42 Å². The summed E-state index contributed by atoms with van der Waals surface area (Å²) in [5, 5.41) is 3.19. The van der Waals surface area contributed by atoms with E-state index in [0.29, 0.717) is 16.6 Å². The number of likely N-dealkylation sites (N-methyl/N-ethyl adjacent to an activating group) is 1. The lowest BCUT2D eigenvalue weighted by atomic mass is 10.1. The van der Waals surface area contributed by atoms with Crippen molar-refractivity contribution in [2.45, 2.75) is 37.1 Å². The summed E-state index contributed by atoms with van der Waals surface area (Å²) in [4.78, 5) is 26.4. The smallest absolute Gasteiger partial charge is 0.254 e. The largest absolute Gasteiger partial charge is 0.332 e. The van der Waals surface area contributed by atoms with Crippen LogP contribution in [0.25, 0.3) is 0 Å². The molecule has 1 unspecified atom stereocenters. The Morgan fingerprint density at radius 2 is 1.72 bits per heavy atom. The number of piperidine rings is 1. The van der Waals surface area contributed by atoms with Crippen LogP contribution in [0.2, 0.25) is 10.0 Å². The van der Waals surface area contributed by atoms with Gasteiger partial charge in [-0.2, -0.15) is 4.31 Å².